The molecule has 1 rings (SSSR count). The molecule has 0 atom stereocenters. The molecule has 60 valence electrons. The van der Waals surface area contributed by atoms with Gasteiger partial charge in [-0.2, -0.15) is 4.57 Å². The summed E-state index contributed by atoms with van der Waals surface area (Å²) in [5.41, 5.74) is 0. The maximum absolute atomic E-state index is 10.8. The van der Waals surface area contributed by atoms with Gasteiger partial charge in [0.05, 0.1) is 0 Å². The van der Waals surface area contributed by atoms with Crippen LogP contribution in [0.15, 0.2) is 29.4 Å². The molecule has 0 aliphatic rings. The third-order valence-corrected chi connectivity index (χ3v) is 2.31. The van der Waals surface area contributed by atoms with Gasteiger partial charge in [-0.15, -0.1) is 0 Å². The lowest BCUT2D eigenvalue weighted by Gasteiger charge is -1.93. The molecule has 0 saturated carbocycles. The van der Waals surface area contributed by atoms with E-state index < -0.39 is 10.0 Å². The third kappa shape index (κ3) is 1.75. The molecule has 4 nitrogen and oxygen atoms in total. The first-order valence-corrected chi connectivity index (χ1v) is 4.54. The van der Waals surface area contributed by atoms with Crippen molar-refractivity contribution < 1.29 is 13.0 Å². The number of aromatic nitrogens is 1. The molecule has 1 heterocycles. The van der Waals surface area contributed by atoms with Gasteiger partial charge in [0, 0.05) is 12.1 Å². The number of rotatable bonds is 1. The van der Waals surface area contributed by atoms with Crippen molar-refractivity contribution in [3.8, 4) is 0 Å². The summed E-state index contributed by atoms with van der Waals surface area (Å²) >= 11 is 0. The molecule has 2 N–H and O–H groups in total. The summed E-state index contributed by atoms with van der Waals surface area (Å²) in [6, 6.07) is 4.81. The molecule has 0 spiro atoms. The van der Waals surface area contributed by atoms with Gasteiger partial charge in [0.15, 0.2) is 6.20 Å². The Morgan fingerprint density at radius 1 is 1.45 bits per heavy atom. The second-order valence-electron chi connectivity index (χ2n) is 2.19. The molecule has 5 heteroatoms. The first-order valence-electron chi connectivity index (χ1n) is 2.99. The summed E-state index contributed by atoms with van der Waals surface area (Å²) in [5.74, 6) is 0. The molecule has 0 bridgehead atoms. The van der Waals surface area contributed by atoms with E-state index in [4.69, 9.17) is 5.14 Å². The summed E-state index contributed by atoms with van der Waals surface area (Å²) < 4.78 is 23.1. The number of primary sulfonamides is 1. The van der Waals surface area contributed by atoms with Crippen molar-refractivity contribution in [1.29, 1.82) is 0 Å². The number of sulfonamides is 1. The molecule has 0 radical (unpaired) electrons. The van der Waals surface area contributed by atoms with E-state index >= 15 is 0 Å². The number of hydrogen-bond donors (Lipinski definition) is 1. The Bertz CT molecular complexity index is 359. The summed E-state index contributed by atoms with van der Waals surface area (Å²) in [5, 5.41) is 5.02. The third-order valence-electron chi connectivity index (χ3n) is 1.30. The molecule has 0 aliphatic heterocycles. The summed E-state index contributed by atoms with van der Waals surface area (Å²) in [6.07, 6.45) is 1.62. The van der Waals surface area contributed by atoms with Crippen LogP contribution in [-0.4, -0.2) is 8.42 Å². The number of hydrogen-bond acceptors (Lipinski definition) is 2. The van der Waals surface area contributed by atoms with E-state index in [1.165, 1.54) is 10.6 Å². The number of pyridine rings is 1. The zero-order valence-corrected chi connectivity index (χ0v) is 6.88. The fraction of sp³-hybridized carbons (Fsp3) is 0.167. The lowest BCUT2D eigenvalue weighted by Crippen LogP contribution is -2.37. The fourth-order valence-electron chi connectivity index (χ4n) is 0.803. The fourth-order valence-corrected chi connectivity index (χ4v) is 1.53. The topological polar surface area (TPSA) is 64.0 Å². The highest BCUT2D eigenvalue weighted by molar-refractivity contribution is 7.89. The van der Waals surface area contributed by atoms with Gasteiger partial charge in [-0.25, -0.2) is 13.6 Å². The highest BCUT2D eigenvalue weighted by atomic mass is 32.2. The zero-order valence-electron chi connectivity index (χ0n) is 6.06. The Hall–Kier alpha value is -0.940. The maximum Gasteiger partial charge on any atom is 0.311 e. The molecule has 0 fully saturated rings. The first-order chi connectivity index (χ1) is 5.02. The van der Waals surface area contributed by atoms with E-state index in [2.05, 4.69) is 0 Å². The van der Waals surface area contributed by atoms with Gasteiger partial charge < -0.3 is 0 Å². The predicted molar refractivity (Wildman–Crippen MR) is 39.0 cm³/mol. The lowest BCUT2D eigenvalue weighted by atomic mass is 10.5. The van der Waals surface area contributed by atoms with Gasteiger partial charge in [0.2, 0.25) is 0 Å². The highest BCUT2D eigenvalue weighted by Crippen LogP contribution is 1.95. The minimum absolute atomic E-state index is 0.111. The number of nitrogens with zero attached hydrogens (tertiary/aromatic N) is 1. The second kappa shape index (κ2) is 2.60. The highest BCUT2D eigenvalue weighted by Gasteiger charge is 2.17. The van der Waals surface area contributed by atoms with Gasteiger partial charge in [-0.1, -0.05) is 0 Å². The largest absolute Gasteiger partial charge is 0.311 e. The van der Waals surface area contributed by atoms with Crippen molar-refractivity contribution in [1.82, 2.24) is 0 Å². The summed E-state index contributed by atoms with van der Waals surface area (Å²) in [7, 11) is -1.95. The van der Waals surface area contributed by atoms with Crippen LogP contribution in [0.5, 0.6) is 0 Å². The Balaban J connectivity index is 3.37. The Morgan fingerprint density at radius 2 is 2.09 bits per heavy atom. The van der Waals surface area contributed by atoms with Gasteiger partial charge in [0.1, 0.15) is 7.05 Å². The smallest absolute Gasteiger partial charge is 0.219 e. The number of nitrogens with two attached hydrogens (primary N) is 1. The van der Waals surface area contributed by atoms with Crippen LogP contribution in [0.25, 0.3) is 0 Å². The van der Waals surface area contributed by atoms with Crippen molar-refractivity contribution in [2.24, 2.45) is 12.2 Å². The Kier molecular flexibility index (Phi) is 1.92. The second-order valence-corrected chi connectivity index (χ2v) is 3.70. The van der Waals surface area contributed by atoms with Crippen molar-refractivity contribution in [2.45, 2.75) is 5.03 Å². The molecule has 11 heavy (non-hydrogen) atoms. The molecule has 0 saturated heterocycles. The van der Waals surface area contributed by atoms with Gasteiger partial charge in [0.25, 0.3) is 10.0 Å². The van der Waals surface area contributed by atoms with E-state index in [1.54, 1.807) is 25.4 Å². The molecule has 0 aromatic carbocycles. The van der Waals surface area contributed by atoms with Crippen LogP contribution in [-0.2, 0) is 17.1 Å². The average molecular weight is 173 g/mol. The van der Waals surface area contributed by atoms with Crippen LogP contribution in [0.4, 0.5) is 0 Å². The Morgan fingerprint density at radius 3 is 2.45 bits per heavy atom. The van der Waals surface area contributed by atoms with Crippen molar-refractivity contribution in [3.63, 3.8) is 0 Å². The normalized spacial score (nSPS) is 11.5. The van der Waals surface area contributed by atoms with Crippen LogP contribution in [0.1, 0.15) is 0 Å². The van der Waals surface area contributed by atoms with Gasteiger partial charge in [-0.05, 0) is 6.07 Å². The average Bonchev–Trinajstić information content (AvgIpc) is 1.86. The van der Waals surface area contributed by atoms with E-state index in [-0.39, 0.29) is 5.03 Å². The minimum atomic E-state index is -3.57. The lowest BCUT2D eigenvalue weighted by molar-refractivity contribution is -0.709. The monoisotopic (exact) mass is 173 g/mol. The summed E-state index contributed by atoms with van der Waals surface area (Å²) in [4.78, 5) is 0. The van der Waals surface area contributed by atoms with Crippen LogP contribution >= 0.6 is 0 Å². The molecule has 1 aromatic rings. The molecule has 0 amide bonds. The first kappa shape index (κ1) is 8.16. The van der Waals surface area contributed by atoms with Crippen molar-refractivity contribution in [3.05, 3.63) is 24.4 Å². The predicted octanol–water partition coefficient (Wildman–Crippen LogP) is -0.842. The molecule has 0 unspecified atom stereocenters. The van der Waals surface area contributed by atoms with Crippen LogP contribution in [0, 0.1) is 0 Å². The maximum atomic E-state index is 10.8. The summed E-state index contributed by atoms with van der Waals surface area (Å²) in [6.45, 7) is 0. The van der Waals surface area contributed by atoms with E-state index in [9.17, 15) is 8.42 Å². The van der Waals surface area contributed by atoms with E-state index in [1.807, 2.05) is 0 Å². The molecule has 0 aliphatic carbocycles. The van der Waals surface area contributed by atoms with Gasteiger partial charge in [-0.3, -0.25) is 0 Å². The Labute approximate surface area is 65.3 Å². The van der Waals surface area contributed by atoms with E-state index in [0.29, 0.717) is 0 Å². The number of aryl methyl sites for hydroxylation is 1. The van der Waals surface area contributed by atoms with Gasteiger partial charge >= 0.3 is 5.03 Å². The SMILES string of the molecule is C[n+]1ccccc1S(N)(=O)=O. The standard InChI is InChI=1S/C6H9N2O2S/c1-8-5-3-2-4-6(8)11(7,9)10/h2-5H,1H3,(H2,7,9,10)/q+1. The molecular weight excluding hydrogens is 164 g/mol. The quantitative estimate of drug-likeness (QED) is 0.563. The van der Waals surface area contributed by atoms with Crippen LogP contribution in [0.2, 0.25) is 0 Å². The zero-order chi connectivity index (χ0) is 8.48. The van der Waals surface area contributed by atoms with Crippen molar-refractivity contribution in [2.75, 3.05) is 0 Å². The molecular formula is C6H9N2O2S+. The van der Waals surface area contributed by atoms with Crippen LogP contribution < -0.4 is 9.71 Å². The van der Waals surface area contributed by atoms with Crippen LogP contribution in [0.3, 0.4) is 0 Å². The van der Waals surface area contributed by atoms with E-state index in [0.717, 1.165) is 0 Å². The van der Waals surface area contributed by atoms with Crippen molar-refractivity contribution >= 4 is 10.0 Å². The molecule has 1 aromatic heterocycles. The minimum Gasteiger partial charge on any atom is -0.219 e.